The Bertz CT molecular complexity index is 1160. The fourth-order valence-corrected chi connectivity index (χ4v) is 4.46. The van der Waals surface area contributed by atoms with E-state index in [-0.39, 0.29) is 5.56 Å². The zero-order chi connectivity index (χ0) is 22.1. The lowest BCUT2D eigenvalue weighted by atomic mass is 10.0. The third-order valence-corrected chi connectivity index (χ3v) is 6.22. The number of carbonyl (C=O) groups is 1. The molecule has 164 valence electrons. The van der Waals surface area contributed by atoms with Crippen LogP contribution in [0.25, 0.3) is 0 Å². The van der Waals surface area contributed by atoms with Gasteiger partial charge in [0.15, 0.2) is 11.5 Å². The molecule has 3 aromatic rings. The Morgan fingerprint density at radius 1 is 1.12 bits per heavy atom. The lowest BCUT2D eigenvalue weighted by Crippen LogP contribution is -2.16. The topological polar surface area (TPSA) is 83.9 Å². The van der Waals surface area contributed by atoms with E-state index in [9.17, 15) is 9.90 Å². The van der Waals surface area contributed by atoms with E-state index < -0.39 is 5.97 Å². The highest BCUT2D eigenvalue weighted by Crippen LogP contribution is 2.39. The summed E-state index contributed by atoms with van der Waals surface area (Å²) in [6.45, 7) is 1.83. The molecule has 2 heterocycles. The largest absolute Gasteiger partial charge is 0.486 e. The molecule has 0 radical (unpaired) electrons. The molecule has 1 aliphatic carbocycles. The fraction of sp³-hybridized carbons (Fsp3) is 0.280. The molecule has 0 amide bonds. The van der Waals surface area contributed by atoms with Gasteiger partial charge in [0.2, 0.25) is 0 Å². The predicted molar refractivity (Wildman–Crippen MR) is 123 cm³/mol. The number of fused-ring (bicyclic) bond motifs is 2. The molecule has 5 rings (SSSR count). The molecule has 1 aliphatic heterocycles. The molecule has 7 nitrogen and oxygen atoms in total. The van der Waals surface area contributed by atoms with Crippen LogP contribution in [0.5, 0.6) is 11.5 Å². The van der Waals surface area contributed by atoms with Crippen LogP contribution >= 0.6 is 0 Å². The number of hydrogen-bond acceptors (Lipinski definition) is 6. The van der Waals surface area contributed by atoms with Gasteiger partial charge in [-0.25, -0.2) is 4.79 Å². The molecule has 1 aromatic heterocycles. The molecule has 0 spiro atoms. The summed E-state index contributed by atoms with van der Waals surface area (Å²) in [7, 11) is 2.05. The Labute approximate surface area is 186 Å². The van der Waals surface area contributed by atoms with Crippen LogP contribution < -0.4 is 19.7 Å². The second kappa shape index (κ2) is 8.42. The Kier molecular flexibility index (Phi) is 5.31. The van der Waals surface area contributed by atoms with E-state index in [0.717, 1.165) is 35.7 Å². The molecule has 32 heavy (non-hydrogen) atoms. The first kappa shape index (κ1) is 20.2. The third kappa shape index (κ3) is 3.82. The molecule has 0 unspecified atom stereocenters. The van der Waals surface area contributed by atoms with E-state index >= 15 is 0 Å². The summed E-state index contributed by atoms with van der Waals surface area (Å²) in [6.07, 6.45) is 5.11. The smallest absolute Gasteiger partial charge is 0.337 e. The zero-order valence-corrected chi connectivity index (χ0v) is 17.9. The second-order valence-corrected chi connectivity index (χ2v) is 8.11. The van der Waals surface area contributed by atoms with Crippen molar-refractivity contribution in [1.82, 2.24) is 4.98 Å². The fourth-order valence-electron chi connectivity index (χ4n) is 4.46. The molecule has 7 heteroatoms. The summed E-state index contributed by atoms with van der Waals surface area (Å²) in [6, 6.07) is 14.1. The van der Waals surface area contributed by atoms with Crippen molar-refractivity contribution in [3.63, 3.8) is 0 Å². The average molecular weight is 431 g/mol. The maximum absolute atomic E-state index is 11.4. The Morgan fingerprint density at radius 3 is 2.75 bits per heavy atom. The highest BCUT2D eigenvalue weighted by Gasteiger charge is 2.24. The zero-order valence-electron chi connectivity index (χ0n) is 17.9. The van der Waals surface area contributed by atoms with Crippen LogP contribution in [0.15, 0.2) is 54.9 Å². The molecule has 0 saturated carbocycles. The van der Waals surface area contributed by atoms with Crippen LogP contribution in [0.3, 0.4) is 0 Å². The van der Waals surface area contributed by atoms with Crippen molar-refractivity contribution < 1.29 is 19.4 Å². The number of nitrogens with one attached hydrogen (secondary N) is 1. The van der Waals surface area contributed by atoms with Gasteiger partial charge in [0.1, 0.15) is 13.2 Å². The van der Waals surface area contributed by atoms with Gasteiger partial charge in [-0.15, -0.1) is 0 Å². The minimum absolute atomic E-state index is 0.245. The molecule has 2 aliphatic rings. The van der Waals surface area contributed by atoms with Crippen LogP contribution in [0, 0.1) is 0 Å². The van der Waals surface area contributed by atoms with Crippen LogP contribution in [0.2, 0.25) is 0 Å². The Hall–Kier alpha value is -3.74. The molecule has 2 N–H and O–H groups in total. The number of ether oxygens (including phenoxy) is 2. The Morgan fingerprint density at radius 2 is 1.91 bits per heavy atom. The van der Waals surface area contributed by atoms with Gasteiger partial charge in [-0.05, 0) is 54.3 Å². The molecule has 1 atom stereocenters. The molecular formula is C25H25N3O4. The van der Waals surface area contributed by atoms with Crippen molar-refractivity contribution in [2.75, 3.05) is 37.0 Å². The third-order valence-electron chi connectivity index (χ3n) is 6.22. The van der Waals surface area contributed by atoms with Crippen LogP contribution in [-0.2, 0) is 6.42 Å². The van der Waals surface area contributed by atoms with Crippen molar-refractivity contribution >= 4 is 23.0 Å². The van der Waals surface area contributed by atoms with Gasteiger partial charge in [-0.3, -0.25) is 4.98 Å². The molecule has 2 aromatic carbocycles. The number of aromatic nitrogens is 1. The first-order valence-corrected chi connectivity index (χ1v) is 10.8. The molecule has 0 bridgehead atoms. The summed E-state index contributed by atoms with van der Waals surface area (Å²) in [4.78, 5) is 17.6. The summed E-state index contributed by atoms with van der Waals surface area (Å²) < 4.78 is 11.4. The van der Waals surface area contributed by atoms with Crippen LogP contribution in [0.4, 0.5) is 17.1 Å². The van der Waals surface area contributed by atoms with Crippen molar-refractivity contribution in [2.45, 2.75) is 18.8 Å². The number of hydrogen-bond donors (Lipinski definition) is 2. The van der Waals surface area contributed by atoms with Gasteiger partial charge in [0.05, 0.1) is 17.4 Å². The van der Waals surface area contributed by atoms with Gasteiger partial charge in [0.25, 0.3) is 0 Å². The van der Waals surface area contributed by atoms with Gasteiger partial charge in [-0.1, -0.05) is 6.07 Å². The maximum Gasteiger partial charge on any atom is 0.337 e. The van der Waals surface area contributed by atoms with E-state index in [0.29, 0.717) is 31.4 Å². The minimum atomic E-state index is -0.950. The van der Waals surface area contributed by atoms with Gasteiger partial charge in [-0.2, -0.15) is 0 Å². The maximum atomic E-state index is 11.4. The number of carboxylic acid groups (broad SMARTS) is 1. The number of carboxylic acids is 1. The lowest BCUT2D eigenvalue weighted by molar-refractivity contribution is 0.0697. The first-order chi connectivity index (χ1) is 15.6. The van der Waals surface area contributed by atoms with E-state index in [4.69, 9.17) is 9.47 Å². The normalized spacial score (nSPS) is 16.3. The summed E-state index contributed by atoms with van der Waals surface area (Å²) in [5.74, 6) is 0.954. The number of aryl methyl sites for hydroxylation is 1. The standard InChI is InChI=1S/C25H25N3O4/c1-28(19-5-7-23-24(13-19)32-11-10-31-23)18-4-6-20-16(12-18)2-3-17(20)14-27-22-15-26-9-8-21(22)25(29)30/h4-9,12-13,15,17,27H,2-3,10-11,14H2,1H3,(H,29,30)/t17-/m0/s1. The van der Waals surface area contributed by atoms with E-state index in [1.807, 2.05) is 18.2 Å². The number of aromatic carboxylic acids is 1. The van der Waals surface area contributed by atoms with Crippen molar-refractivity contribution in [1.29, 1.82) is 0 Å². The summed E-state index contributed by atoms with van der Waals surface area (Å²) in [5.41, 5.74) is 5.62. The highest BCUT2D eigenvalue weighted by atomic mass is 16.6. The predicted octanol–water partition coefficient (Wildman–Crippen LogP) is 4.46. The minimum Gasteiger partial charge on any atom is -0.486 e. The lowest BCUT2D eigenvalue weighted by Gasteiger charge is -2.24. The van der Waals surface area contributed by atoms with Gasteiger partial charge >= 0.3 is 5.97 Å². The number of nitrogens with zero attached hydrogens (tertiary/aromatic N) is 2. The number of rotatable bonds is 6. The Balaban J connectivity index is 1.31. The summed E-state index contributed by atoms with van der Waals surface area (Å²) in [5, 5.41) is 12.7. The van der Waals surface area contributed by atoms with Crippen molar-refractivity contribution in [3.05, 3.63) is 71.5 Å². The molecular weight excluding hydrogens is 406 g/mol. The van der Waals surface area contributed by atoms with Gasteiger partial charge < -0.3 is 24.8 Å². The SMILES string of the molecule is CN(c1ccc2c(c1)CC[C@H]2CNc1cnccc1C(=O)O)c1ccc2c(c1)OCCO2. The average Bonchev–Trinajstić information content (AvgIpc) is 3.24. The highest BCUT2D eigenvalue weighted by molar-refractivity contribution is 5.93. The van der Waals surface area contributed by atoms with Crippen LogP contribution in [0.1, 0.15) is 33.8 Å². The number of pyridine rings is 1. The quantitative estimate of drug-likeness (QED) is 0.596. The molecule has 0 saturated heterocycles. The van der Waals surface area contributed by atoms with E-state index in [1.54, 1.807) is 6.20 Å². The number of benzene rings is 2. The first-order valence-electron chi connectivity index (χ1n) is 10.8. The van der Waals surface area contributed by atoms with Gasteiger partial charge in [0, 0.05) is 43.1 Å². The van der Waals surface area contributed by atoms with Crippen molar-refractivity contribution in [3.8, 4) is 11.5 Å². The van der Waals surface area contributed by atoms with Crippen LogP contribution in [-0.4, -0.2) is 42.9 Å². The number of anilines is 3. The molecule has 0 fully saturated rings. The van der Waals surface area contributed by atoms with Crippen molar-refractivity contribution in [2.24, 2.45) is 0 Å². The van der Waals surface area contributed by atoms with E-state index in [1.165, 1.54) is 23.4 Å². The second-order valence-electron chi connectivity index (χ2n) is 8.11. The van der Waals surface area contributed by atoms with E-state index in [2.05, 4.69) is 40.4 Å². The summed E-state index contributed by atoms with van der Waals surface area (Å²) >= 11 is 0. The monoisotopic (exact) mass is 431 g/mol.